The summed E-state index contributed by atoms with van der Waals surface area (Å²) in [5, 5.41) is 3.04. The van der Waals surface area contributed by atoms with E-state index in [4.69, 9.17) is 5.73 Å². The summed E-state index contributed by atoms with van der Waals surface area (Å²) in [5.41, 5.74) is 5.52. The molecule has 0 bridgehead atoms. The molecule has 2 unspecified atom stereocenters. The fraction of sp³-hybridized carbons (Fsp3) is 0.923. The van der Waals surface area contributed by atoms with Gasteiger partial charge in [0, 0.05) is 25.0 Å². The molecule has 3 N–H and O–H groups in total. The zero-order valence-corrected chi connectivity index (χ0v) is 11.5. The van der Waals surface area contributed by atoms with Crippen LogP contribution in [0.4, 0.5) is 0 Å². The third-order valence-electron chi connectivity index (χ3n) is 4.00. The SMILES string of the molecule is CC1CCCC(CNC(=O)CCN)(N(C)C)C1. The summed E-state index contributed by atoms with van der Waals surface area (Å²) in [4.78, 5) is 13.8. The highest BCUT2D eigenvalue weighted by molar-refractivity contribution is 5.76. The molecule has 0 aromatic heterocycles. The van der Waals surface area contributed by atoms with E-state index in [0.29, 0.717) is 13.0 Å². The molecular formula is C13H27N3O. The second-order valence-corrected chi connectivity index (χ2v) is 5.64. The van der Waals surface area contributed by atoms with E-state index in [1.165, 1.54) is 25.7 Å². The normalized spacial score (nSPS) is 29.4. The van der Waals surface area contributed by atoms with Crippen molar-refractivity contribution in [3.63, 3.8) is 0 Å². The van der Waals surface area contributed by atoms with E-state index >= 15 is 0 Å². The largest absolute Gasteiger partial charge is 0.354 e. The molecule has 1 fully saturated rings. The van der Waals surface area contributed by atoms with Crippen LogP contribution in [0.2, 0.25) is 0 Å². The zero-order valence-electron chi connectivity index (χ0n) is 11.5. The van der Waals surface area contributed by atoms with Gasteiger partial charge in [-0.3, -0.25) is 4.79 Å². The van der Waals surface area contributed by atoms with E-state index in [-0.39, 0.29) is 11.4 Å². The Morgan fingerprint density at radius 1 is 1.53 bits per heavy atom. The molecular weight excluding hydrogens is 214 g/mol. The van der Waals surface area contributed by atoms with Gasteiger partial charge in [-0.15, -0.1) is 0 Å². The number of nitrogens with zero attached hydrogens (tertiary/aromatic N) is 1. The van der Waals surface area contributed by atoms with Crippen molar-refractivity contribution >= 4 is 5.91 Å². The molecule has 0 aliphatic heterocycles. The van der Waals surface area contributed by atoms with E-state index in [0.717, 1.165) is 12.5 Å². The number of nitrogens with one attached hydrogen (secondary N) is 1. The minimum atomic E-state index is 0.0759. The Labute approximate surface area is 105 Å². The average molecular weight is 241 g/mol. The van der Waals surface area contributed by atoms with Gasteiger partial charge in [0.05, 0.1) is 0 Å². The minimum Gasteiger partial charge on any atom is -0.354 e. The zero-order chi connectivity index (χ0) is 12.9. The Balaban J connectivity index is 2.56. The Morgan fingerprint density at radius 3 is 2.76 bits per heavy atom. The molecule has 4 heteroatoms. The topological polar surface area (TPSA) is 58.4 Å². The van der Waals surface area contributed by atoms with Gasteiger partial charge >= 0.3 is 0 Å². The van der Waals surface area contributed by atoms with Crippen molar-refractivity contribution in [1.82, 2.24) is 10.2 Å². The second kappa shape index (κ2) is 6.36. The number of hydrogen-bond donors (Lipinski definition) is 2. The molecule has 0 aromatic rings. The summed E-state index contributed by atoms with van der Waals surface area (Å²) in [6.45, 7) is 3.49. The van der Waals surface area contributed by atoms with Gasteiger partial charge in [0.15, 0.2) is 0 Å². The van der Waals surface area contributed by atoms with Crippen LogP contribution in [0.15, 0.2) is 0 Å². The lowest BCUT2D eigenvalue weighted by molar-refractivity contribution is -0.121. The van der Waals surface area contributed by atoms with Gasteiger partial charge in [0.2, 0.25) is 5.91 Å². The van der Waals surface area contributed by atoms with Gasteiger partial charge < -0.3 is 16.0 Å². The van der Waals surface area contributed by atoms with Gasteiger partial charge in [-0.05, 0) is 32.9 Å². The number of nitrogens with two attached hydrogens (primary N) is 1. The first-order valence-electron chi connectivity index (χ1n) is 6.64. The highest BCUT2D eigenvalue weighted by Gasteiger charge is 2.36. The number of likely N-dealkylation sites (N-methyl/N-ethyl adjacent to an activating group) is 1. The highest BCUT2D eigenvalue weighted by Crippen LogP contribution is 2.35. The van der Waals surface area contributed by atoms with Gasteiger partial charge in [0.25, 0.3) is 0 Å². The van der Waals surface area contributed by atoms with Crippen LogP contribution in [0.25, 0.3) is 0 Å². The number of hydrogen-bond acceptors (Lipinski definition) is 3. The third kappa shape index (κ3) is 3.96. The number of amides is 1. The molecule has 1 aliphatic rings. The maximum absolute atomic E-state index is 11.5. The molecule has 0 radical (unpaired) electrons. The standard InChI is InChI=1S/C13H27N3O/c1-11-5-4-7-13(9-11,16(2)3)10-15-12(17)6-8-14/h11H,4-10,14H2,1-3H3,(H,15,17). The Bertz CT molecular complexity index is 255. The van der Waals surface area contributed by atoms with Crippen LogP contribution in [-0.2, 0) is 4.79 Å². The van der Waals surface area contributed by atoms with Crippen LogP contribution >= 0.6 is 0 Å². The molecule has 1 amide bonds. The summed E-state index contributed by atoms with van der Waals surface area (Å²) < 4.78 is 0. The van der Waals surface area contributed by atoms with Crippen LogP contribution < -0.4 is 11.1 Å². The van der Waals surface area contributed by atoms with Crippen LogP contribution in [0.5, 0.6) is 0 Å². The molecule has 4 nitrogen and oxygen atoms in total. The Kier molecular flexibility index (Phi) is 5.40. The van der Waals surface area contributed by atoms with Gasteiger partial charge in [-0.25, -0.2) is 0 Å². The minimum absolute atomic E-state index is 0.0759. The average Bonchev–Trinajstić information content (AvgIpc) is 2.27. The van der Waals surface area contributed by atoms with Crippen molar-refractivity contribution in [2.24, 2.45) is 11.7 Å². The van der Waals surface area contributed by atoms with Gasteiger partial charge in [-0.2, -0.15) is 0 Å². The summed E-state index contributed by atoms with van der Waals surface area (Å²) in [5.74, 6) is 0.824. The van der Waals surface area contributed by atoms with Gasteiger partial charge in [-0.1, -0.05) is 19.8 Å². The molecule has 17 heavy (non-hydrogen) atoms. The first-order valence-corrected chi connectivity index (χ1v) is 6.64. The molecule has 1 saturated carbocycles. The second-order valence-electron chi connectivity index (χ2n) is 5.64. The molecule has 1 aliphatic carbocycles. The number of carbonyl (C=O) groups excluding carboxylic acids is 1. The van der Waals surface area contributed by atoms with Gasteiger partial charge in [0.1, 0.15) is 0 Å². The molecule has 2 atom stereocenters. The first-order chi connectivity index (χ1) is 8.00. The summed E-state index contributed by atoms with van der Waals surface area (Å²) in [6.07, 6.45) is 5.34. The predicted octanol–water partition coefficient (Wildman–Crippen LogP) is 0.962. The molecule has 1 rings (SSSR count). The van der Waals surface area contributed by atoms with Crippen molar-refractivity contribution in [1.29, 1.82) is 0 Å². The molecule has 0 spiro atoms. The van der Waals surface area contributed by atoms with Crippen molar-refractivity contribution < 1.29 is 4.79 Å². The van der Waals surface area contributed by atoms with E-state index in [1.807, 2.05) is 0 Å². The third-order valence-corrected chi connectivity index (χ3v) is 4.00. The summed E-state index contributed by atoms with van der Waals surface area (Å²) in [6, 6.07) is 0. The van der Waals surface area contributed by atoms with Crippen LogP contribution in [-0.4, -0.2) is 43.5 Å². The van der Waals surface area contributed by atoms with E-state index in [1.54, 1.807) is 0 Å². The fourth-order valence-corrected chi connectivity index (χ4v) is 2.84. The maximum atomic E-state index is 11.5. The van der Waals surface area contributed by atoms with Crippen molar-refractivity contribution in [3.8, 4) is 0 Å². The lowest BCUT2D eigenvalue weighted by Crippen LogP contribution is -2.55. The lowest BCUT2D eigenvalue weighted by Gasteiger charge is -2.45. The maximum Gasteiger partial charge on any atom is 0.221 e. The predicted molar refractivity (Wildman–Crippen MR) is 70.7 cm³/mol. The summed E-state index contributed by atoms with van der Waals surface area (Å²) >= 11 is 0. The quantitative estimate of drug-likeness (QED) is 0.754. The van der Waals surface area contributed by atoms with Crippen LogP contribution in [0.3, 0.4) is 0 Å². The molecule has 100 valence electrons. The fourth-order valence-electron chi connectivity index (χ4n) is 2.84. The summed E-state index contributed by atoms with van der Waals surface area (Å²) in [7, 11) is 4.24. The number of rotatable bonds is 5. The first kappa shape index (κ1) is 14.5. The Morgan fingerprint density at radius 2 is 2.24 bits per heavy atom. The molecule has 0 heterocycles. The van der Waals surface area contributed by atoms with Crippen molar-refractivity contribution in [2.75, 3.05) is 27.2 Å². The molecule has 0 saturated heterocycles. The van der Waals surface area contributed by atoms with E-state index in [2.05, 4.69) is 31.2 Å². The number of carbonyl (C=O) groups is 1. The Hall–Kier alpha value is -0.610. The highest BCUT2D eigenvalue weighted by atomic mass is 16.1. The lowest BCUT2D eigenvalue weighted by atomic mass is 9.75. The van der Waals surface area contributed by atoms with E-state index < -0.39 is 0 Å². The van der Waals surface area contributed by atoms with Crippen LogP contribution in [0, 0.1) is 5.92 Å². The van der Waals surface area contributed by atoms with E-state index in [9.17, 15) is 4.79 Å². The van der Waals surface area contributed by atoms with Crippen molar-refractivity contribution in [2.45, 2.75) is 44.6 Å². The van der Waals surface area contributed by atoms with Crippen LogP contribution in [0.1, 0.15) is 39.0 Å². The molecule has 0 aromatic carbocycles. The monoisotopic (exact) mass is 241 g/mol. The van der Waals surface area contributed by atoms with Crippen molar-refractivity contribution in [3.05, 3.63) is 0 Å². The smallest absolute Gasteiger partial charge is 0.221 e.